The van der Waals surface area contributed by atoms with E-state index < -0.39 is 17.6 Å². The van der Waals surface area contributed by atoms with Crippen molar-refractivity contribution >= 4 is 0 Å². The number of aliphatic hydroxyl groups is 1. The van der Waals surface area contributed by atoms with E-state index in [0.29, 0.717) is 5.56 Å². The quantitative estimate of drug-likeness (QED) is 0.864. The van der Waals surface area contributed by atoms with Gasteiger partial charge in [0.15, 0.2) is 0 Å². The van der Waals surface area contributed by atoms with Crippen molar-refractivity contribution in [2.24, 2.45) is 7.05 Å². The lowest BCUT2D eigenvalue weighted by molar-refractivity contribution is 0.122. The predicted octanol–water partition coefficient (Wildman–Crippen LogP) is 0.173. The number of aryl methyl sites for hydroxylation is 2. The van der Waals surface area contributed by atoms with Crippen LogP contribution in [-0.4, -0.2) is 37.6 Å². The highest BCUT2D eigenvalue weighted by Gasteiger charge is 2.15. The van der Waals surface area contributed by atoms with Gasteiger partial charge < -0.3 is 9.84 Å². The fourth-order valence-electron chi connectivity index (χ4n) is 1.60. The third-order valence-corrected chi connectivity index (χ3v) is 2.67. The number of hydrogen-bond donors (Lipinski definition) is 1. The number of rotatable bonds is 4. The van der Waals surface area contributed by atoms with Gasteiger partial charge in [-0.1, -0.05) is 0 Å². The van der Waals surface area contributed by atoms with E-state index in [0.717, 1.165) is 15.4 Å². The van der Waals surface area contributed by atoms with E-state index >= 15 is 0 Å². The van der Waals surface area contributed by atoms with Crippen LogP contribution in [0.4, 0.5) is 4.39 Å². The Balaban J connectivity index is 2.52. The molecular formula is C12H15FN4O3. The zero-order valence-electron chi connectivity index (χ0n) is 11.4. The molecule has 1 aromatic heterocycles. The van der Waals surface area contributed by atoms with Gasteiger partial charge in [-0.15, -0.1) is 0 Å². The lowest BCUT2D eigenvalue weighted by Crippen LogP contribution is -2.23. The molecule has 0 aliphatic heterocycles. The van der Waals surface area contributed by atoms with Gasteiger partial charge in [-0.3, -0.25) is 0 Å². The van der Waals surface area contributed by atoms with Crippen LogP contribution in [0.3, 0.4) is 0 Å². The van der Waals surface area contributed by atoms with Crippen LogP contribution in [0.2, 0.25) is 0 Å². The Kier molecular flexibility index (Phi) is 3.84. The van der Waals surface area contributed by atoms with Crippen molar-refractivity contribution in [3.05, 3.63) is 34.0 Å². The van der Waals surface area contributed by atoms with Gasteiger partial charge in [-0.05, 0) is 35.9 Å². The molecule has 0 fully saturated rings. The van der Waals surface area contributed by atoms with E-state index in [4.69, 9.17) is 4.74 Å². The zero-order valence-corrected chi connectivity index (χ0v) is 11.4. The summed E-state index contributed by atoms with van der Waals surface area (Å²) in [4.78, 5) is 11.9. The van der Waals surface area contributed by atoms with Crippen LogP contribution in [0, 0.1) is 12.7 Å². The molecule has 0 saturated heterocycles. The van der Waals surface area contributed by atoms with Gasteiger partial charge >= 0.3 is 5.69 Å². The Morgan fingerprint density at radius 3 is 2.70 bits per heavy atom. The van der Waals surface area contributed by atoms with Gasteiger partial charge in [0.2, 0.25) is 0 Å². The van der Waals surface area contributed by atoms with Crippen molar-refractivity contribution in [2.45, 2.75) is 20.0 Å². The van der Waals surface area contributed by atoms with Crippen molar-refractivity contribution in [3.8, 4) is 11.4 Å². The molecule has 108 valence electrons. The molecule has 0 aliphatic rings. The summed E-state index contributed by atoms with van der Waals surface area (Å²) in [7, 11) is 1.46. The number of aliphatic hydroxyl groups excluding tert-OH is 1. The van der Waals surface area contributed by atoms with Gasteiger partial charge in [-0.25, -0.2) is 9.18 Å². The highest BCUT2D eigenvalue weighted by Crippen LogP contribution is 2.25. The summed E-state index contributed by atoms with van der Waals surface area (Å²) in [5.41, 5.74) is 0.155. The van der Waals surface area contributed by atoms with Crippen molar-refractivity contribution in [1.82, 2.24) is 19.8 Å². The average molecular weight is 282 g/mol. The molecule has 8 heteroatoms. The Bertz CT molecular complexity index is 678. The molecule has 1 aromatic carbocycles. The maximum Gasteiger partial charge on any atom is 0.368 e. The molecule has 2 aromatic rings. The van der Waals surface area contributed by atoms with E-state index in [1.807, 2.05) is 0 Å². The molecule has 0 amide bonds. The number of benzene rings is 1. The molecule has 0 radical (unpaired) electrons. The van der Waals surface area contributed by atoms with Gasteiger partial charge in [0.1, 0.15) is 23.9 Å². The molecule has 0 spiro atoms. The van der Waals surface area contributed by atoms with Gasteiger partial charge in [-0.2, -0.15) is 9.36 Å². The average Bonchev–Trinajstić information content (AvgIpc) is 2.71. The first kappa shape index (κ1) is 14.2. The summed E-state index contributed by atoms with van der Waals surface area (Å²) >= 11 is 0. The fraction of sp³-hybridized carbons (Fsp3) is 0.417. The smallest absolute Gasteiger partial charge is 0.368 e. The molecular weight excluding hydrogens is 267 g/mol. The van der Waals surface area contributed by atoms with Crippen molar-refractivity contribution in [3.63, 3.8) is 0 Å². The monoisotopic (exact) mass is 282 g/mol. The van der Waals surface area contributed by atoms with E-state index in [2.05, 4.69) is 10.4 Å². The van der Waals surface area contributed by atoms with Crippen LogP contribution in [0.15, 0.2) is 16.9 Å². The number of tetrazole rings is 1. The fourth-order valence-corrected chi connectivity index (χ4v) is 1.60. The normalized spacial score (nSPS) is 12.4. The number of halogens is 1. The Hall–Kier alpha value is -2.22. The van der Waals surface area contributed by atoms with Crippen LogP contribution in [0.25, 0.3) is 5.69 Å². The summed E-state index contributed by atoms with van der Waals surface area (Å²) in [5.74, 6) is -0.345. The Labute approximate surface area is 114 Å². The van der Waals surface area contributed by atoms with Crippen LogP contribution in [0.1, 0.15) is 12.5 Å². The molecule has 1 atom stereocenters. The first-order valence-corrected chi connectivity index (χ1v) is 6.00. The van der Waals surface area contributed by atoms with E-state index in [9.17, 15) is 14.3 Å². The van der Waals surface area contributed by atoms with Crippen molar-refractivity contribution in [2.75, 3.05) is 6.61 Å². The second-order valence-electron chi connectivity index (χ2n) is 4.53. The summed E-state index contributed by atoms with van der Waals surface area (Å²) in [5, 5.41) is 16.5. The Morgan fingerprint density at radius 1 is 1.45 bits per heavy atom. The number of hydrogen-bond acceptors (Lipinski definition) is 5. The van der Waals surface area contributed by atoms with Gasteiger partial charge in [0, 0.05) is 13.1 Å². The standard InChI is InChI=1S/C12H15FN4O3/c1-7-4-10(17-12(19)16(3)14-15-17)11(5-9(7)13)20-6-8(2)18/h4-5,8,18H,6H2,1-3H3/t8-/m0/s1. The first-order valence-electron chi connectivity index (χ1n) is 6.00. The third kappa shape index (κ3) is 2.69. The van der Waals surface area contributed by atoms with E-state index in [-0.39, 0.29) is 18.0 Å². The highest BCUT2D eigenvalue weighted by molar-refractivity contribution is 5.48. The van der Waals surface area contributed by atoms with Crippen LogP contribution in [-0.2, 0) is 7.05 Å². The molecule has 2 rings (SSSR count). The topological polar surface area (TPSA) is 82.2 Å². The minimum Gasteiger partial charge on any atom is -0.489 e. The van der Waals surface area contributed by atoms with Crippen molar-refractivity contribution < 1.29 is 14.2 Å². The summed E-state index contributed by atoms with van der Waals surface area (Å²) in [6.45, 7) is 3.09. The summed E-state index contributed by atoms with van der Waals surface area (Å²) in [6, 6.07) is 2.61. The summed E-state index contributed by atoms with van der Waals surface area (Å²) < 4.78 is 21.0. The molecule has 7 nitrogen and oxygen atoms in total. The molecule has 0 bridgehead atoms. The van der Waals surface area contributed by atoms with Crippen LogP contribution >= 0.6 is 0 Å². The molecule has 1 N–H and O–H groups in total. The minimum atomic E-state index is -0.717. The zero-order chi connectivity index (χ0) is 14.9. The lowest BCUT2D eigenvalue weighted by Gasteiger charge is -2.13. The number of ether oxygens (including phenoxy) is 1. The van der Waals surface area contributed by atoms with E-state index in [1.165, 1.54) is 13.1 Å². The second kappa shape index (κ2) is 5.41. The van der Waals surface area contributed by atoms with Crippen LogP contribution < -0.4 is 10.4 Å². The first-order chi connectivity index (χ1) is 9.40. The summed E-state index contributed by atoms with van der Waals surface area (Å²) in [6.07, 6.45) is -0.717. The molecule has 1 heterocycles. The SMILES string of the molecule is Cc1cc(-n2nnn(C)c2=O)c(OC[C@H](C)O)cc1F. The van der Waals surface area contributed by atoms with Gasteiger partial charge in [0.05, 0.1) is 6.10 Å². The van der Waals surface area contributed by atoms with Gasteiger partial charge in [0.25, 0.3) is 0 Å². The largest absolute Gasteiger partial charge is 0.489 e. The third-order valence-electron chi connectivity index (χ3n) is 2.67. The maximum atomic E-state index is 13.6. The van der Waals surface area contributed by atoms with E-state index in [1.54, 1.807) is 13.8 Å². The number of aromatic nitrogens is 4. The molecule has 0 unspecified atom stereocenters. The Morgan fingerprint density at radius 2 is 2.15 bits per heavy atom. The predicted molar refractivity (Wildman–Crippen MR) is 68.5 cm³/mol. The maximum absolute atomic E-state index is 13.6. The minimum absolute atomic E-state index is 0.0233. The molecule has 0 saturated carbocycles. The highest BCUT2D eigenvalue weighted by atomic mass is 19.1. The molecule has 20 heavy (non-hydrogen) atoms. The van der Waals surface area contributed by atoms with Crippen LogP contribution in [0.5, 0.6) is 5.75 Å². The second-order valence-corrected chi connectivity index (χ2v) is 4.53. The number of nitrogens with zero attached hydrogens (tertiary/aromatic N) is 4. The van der Waals surface area contributed by atoms with Crippen molar-refractivity contribution in [1.29, 1.82) is 0 Å². The molecule has 0 aliphatic carbocycles. The lowest BCUT2D eigenvalue weighted by atomic mass is 10.2.